The van der Waals surface area contributed by atoms with Crippen molar-refractivity contribution in [3.05, 3.63) is 44.8 Å². The van der Waals surface area contributed by atoms with Crippen molar-refractivity contribution in [2.75, 3.05) is 20.1 Å². The predicted molar refractivity (Wildman–Crippen MR) is 81.6 cm³/mol. The standard InChI is InChI=1S/C15H17NO2S2/c1-16-7-6-15(18,13-5-3-9-20-13)11(10-16)14(17)12-4-2-8-19-12/h2-5,8-9,11,18H,6-7,10H2,1H3/p+1/t11-,15-/m0/s1. The SMILES string of the molecule is C[NH+]1CC[C@@](O)(c2cccs2)[C@H](C(=O)c2cccs2)C1. The van der Waals surface area contributed by atoms with Crippen LogP contribution in [0.15, 0.2) is 35.0 Å². The van der Waals surface area contributed by atoms with Gasteiger partial charge in [0.25, 0.3) is 0 Å². The first-order valence-corrected chi connectivity index (χ1v) is 8.52. The molecule has 3 nitrogen and oxygen atoms in total. The minimum Gasteiger partial charge on any atom is -0.383 e. The van der Waals surface area contributed by atoms with E-state index in [1.165, 1.54) is 27.6 Å². The van der Waals surface area contributed by atoms with E-state index in [0.29, 0.717) is 13.0 Å². The van der Waals surface area contributed by atoms with E-state index in [2.05, 4.69) is 7.05 Å². The highest BCUT2D eigenvalue weighted by Crippen LogP contribution is 2.38. The molecular weight excluding hydrogens is 290 g/mol. The van der Waals surface area contributed by atoms with Crippen molar-refractivity contribution in [2.45, 2.75) is 12.0 Å². The molecule has 0 bridgehead atoms. The van der Waals surface area contributed by atoms with Gasteiger partial charge in [-0.15, -0.1) is 22.7 Å². The second-order valence-electron chi connectivity index (χ2n) is 5.46. The molecule has 0 aliphatic carbocycles. The number of carbonyl (C=O) groups excluding carboxylic acids is 1. The number of ketones is 1. The quantitative estimate of drug-likeness (QED) is 0.842. The molecule has 3 rings (SSSR count). The summed E-state index contributed by atoms with van der Waals surface area (Å²) in [6, 6.07) is 7.63. The van der Waals surface area contributed by atoms with Gasteiger partial charge in [0.15, 0.2) is 5.78 Å². The van der Waals surface area contributed by atoms with Crippen LogP contribution < -0.4 is 4.90 Å². The molecule has 1 aliphatic heterocycles. The van der Waals surface area contributed by atoms with Gasteiger partial charge < -0.3 is 10.0 Å². The summed E-state index contributed by atoms with van der Waals surface area (Å²) < 4.78 is 0. The molecule has 5 heteroatoms. The van der Waals surface area contributed by atoms with Gasteiger partial charge >= 0.3 is 0 Å². The number of rotatable bonds is 3. The van der Waals surface area contributed by atoms with Gasteiger partial charge in [0.2, 0.25) is 0 Å². The molecule has 2 aromatic rings. The van der Waals surface area contributed by atoms with Crippen LogP contribution in [-0.4, -0.2) is 31.0 Å². The second kappa shape index (κ2) is 5.41. The van der Waals surface area contributed by atoms with Gasteiger partial charge in [-0.3, -0.25) is 4.79 Å². The zero-order valence-corrected chi connectivity index (χ0v) is 13.0. The van der Waals surface area contributed by atoms with Crippen molar-refractivity contribution >= 4 is 28.5 Å². The number of piperidine rings is 1. The first-order chi connectivity index (χ1) is 9.61. The lowest BCUT2D eigenvalue weighted by Gasteiger charge is -2.39. The Morgan fingerprint density at radius 1 is 1.35 bits per heavy atom. The van der Waals surface area contributed by atoms with Crippen LogP contribution in [0, 0.1) is 5.92 Å². The van der Waals surface area contributed by atoms with Crippen LogP contribution in [0.5, 0.6) is 0 Å². The minimum absolute atomic E-state index is 0.0787. The number of thiophene rings is 2. The van der Waals surface area contributed by atoms with E-state index in [4.69, 9.17) is 0 Å². The Morgan fingerprint density at radius 2 is 2.10 bits per heavy atom. The van der Waals surface area contributed by atoms with Gasteiger partial charge in [-0.1, -0.05) is 12.1 Å². The fourth-order valence-electron chi connectivity index (χ4n) is 2.92. The molecule has 3 atom stereocenters. The molecule has 2 aromatic heterocycles. The van der Waals surface area contributed by atoms with Crippen LogP contribution >= 0.6 is 22.7 Å². The van der Waals surface area contributed by atoms with Gasteiger partial charge in [0, 0.05) is 11.3 Å². The molecule has 0 radical (unpaired) electrons. The van der Waals surface area contributed by atoms with Crippen molar-refractivity contribution in [2.24, 2.45) is 5.92 Å². The van der Waals surface area contributed by atoms with Crippen molar-refractivity contribution in [3.63, 3.8) is 0 Å². The highest BCUT2D eigenvalue weighted by molar-refractivity contribution is 7.12. The molecule has 106 valence electrons. The van der Waals surface area contributed by atoms with Gasteiger partial charge in [-0.05, 0) is 22.9 Å². The monoisotopic (exact) mass is 308 g/mol. The number of Topliss-reactive ketones (excluding diaryl/α,β-unsaturated/α-hetero) is 1. The van der Waals surface area contributed by atoms with Gasteiger partial charge in [0.05, 0.1) is 25.0 Å². The maximum atomic E-state index is 12.8. The Bertz CT molecular complexity index is 579. The van der Waals surface area contributed by atoms with E-state index in [1.54, 1.807) is 0 Å². The molecule has 2 N–H and O–H groups in total. The van der Waals surface area contributed by atoms with Crippen LogP contribution in [0.1, 0.15) is 21.0 Å². The topological polar surface area (TPSA) is 41.7 Å². The fourth-order valence-corrected chi connectivity index (χ4v) is 4.55. The molecule has 0 spiro atoms. The summed E-state index contributed by atoms with van der Waals surface area (Å²) in [5, 5.41) is 15.0. The first kappa shape index (κ1) is 13.9. The van der Waals surface area contributed by atoms with Crippen molar-refractivity contribution in [1.82, 2.24) is 0 Å². The molecule has 0 aromatic carbocycles. The predicted octanol–water partition coefficient (Wildman–Crippen LogP) is 1.41. The van der Waals surface area contributed by atoms with E-state index >= 15 is 0 Å². The van der Waals surface area contributed by atoms with Crippen molar-refractivity contribution < 1.29 is 14.8 Å². The van der Waals surface area contributed by atoms with Gasteiger partial charge in [0.1, 0.15) is 11.5 Å². The number of carbonyl (C=O) groups is 1. The highest BCUT2D eigenvalue weighted by Gasteiger charge is 2.49. The molecular formula is C15H18NO2S2+. The Labute approximate surface area is 126 Å². The van der Waals surface area contributed by atoms with Gasteiger partial charge in [-0.25, -0.2) is 0 Å². The molecule has 1 unspecified atom stereocenters. The number of likely N-dealkylation sites (tertiary alicyclic amines) is 1. The summed E-state index contributed by atoms with van der Waals surface area (Å²) in [6.45, 7) is 1.58. The lowest BCUT2D eigenvalue weighted by molar-refractivity contribution is -0.890. The first-order valence-electron chi connectivity index (χ1n) is 6.76. The minimum atomic E-state index is -1.01. The molecule has 1 fully saturated rings. The summed E-state index contributed by atoms with van der Waals surface area (Å²) in [6.07, 6.45) is 0.640. The van der Waals surface area contributed by atoms with Crippen LogP contribution in [0.4, 0.5) is 0 Å². The third-order valence-corrected chi connectivity index (χ3v) is 6.01. The number of nitrogens with one attached hydrogen (secondary N) is 1. The number of quaternary nitrogens is 1. The molecule has 20 heavy (non-hydrogen) atoms. The van der Waals surface area contributed by atoms with Crippen LogP contribution in [0.2, 0.25) is 0 Å². The molecule has 0 amide bonds. The summed E-state index contributed by atoms with van der Waals surface area (Å²) in [7, 11) is 2.09. The van der Waals surface area contributed by atoms with E-state index in [1.807, 2.05) is 35.0 Å². The fraction of sp³-hybridized carbons (Fsp3) is 0.400. The summed E-state index contributed by atoms with van der Waals surface area (Å²) in [5.41, 5.74) is -1.01. The Morgan fingerprint density at radius 3 is 2.75 bits per heavy atom. The molecule has 1 saturated heterocycles. The summed E-state index contributed by atoms with van der Waals surface area (Å²) >= 11 is 3.00. The Hall–Kier alpha value is -1.01. The van der Waals surface area contributed by atoms with Crippen LogP contribution in [0.3, 0.4) is 0 Å². The normalized spacial score (nSPS) is 30.3. The lowest BCUT2D eigenvalue weighted by atomic mass is 9.77. The van der Waals surface area contributed by atoms with E-state index in [-0.39, 0.29) is 11.7 Å². The maximum Gasteiger partial charge on any atom is 0.184 e. The smallest absolute Gasteiger partial charge is 0.184 e. The summed E-state index contributed by atoms with van der Waals surface area (Å²) in [5.74, 6) is -0.275. The van der Waals surface area contributed by atoms with Crippen molar-refractivity contribution in [3.8, 4) is 0 Å². The molecule has 0 saturated carbocycles. The third kappa shape index (κ3) is 2.35. The lowest BCUT2D eigenvalue weighted by Crippen LogP contribution is -3.12. The number of hydrogen-bond acceptors (Lipinski definition) is 4. The maximum absolute atomic E-state index is 12.8. The highest BCUT2D eigenvalue weighted by atomic mass is 32.1. The Kier molecular flexibility index (Phi) is 3.77. The van der Waals surface area contributed by atoms with E-state index in [0.717, 1.165) is 16.3 Å². The largest absolute Gasteiger partial charge is 0.383 e. The van der Waals surface area contributed by atoms with Gasteiger partial charge in [-0.2, -0.15) is 0 Å². The average Bonchev–Trinajstić information content (AvgIpc) is 3.13. The van der Waals surface area contributed by atoms with Crippen molar-refractivity contribution in [1.29, 1.82) is 0 Å². The van der Waals surface area contributed by atoms with E-state index in [9.17, 15) is 9.90 Å². The molecule has 3 heterocycles. The van der Waals surface area contributed by atoms with Crippen LogP contribution in [-0.2, 0) is 5.60 Å². The molecule has 1 aliphatic rings. The zero-order valence-electron chi connectivity index (χ0n) is 11.3. The second-order valence-corrected chi connectivity index (χ2v) is 7.35. The zero-order chi connectivity index (χ0) is 14.2. The van der Waals surface area contributed by atoms with Crippen LogP contribution in [0.25, 0.3) is 0 Å². The Balaban J connectivity index is 1.97. The van der Waals surface area contributed by atoms with E-state index < -0.39 is 5.60 Å². The average molecular weight is 308 g/mol. The number of aliphatic hydroxyl groups is 1. The summed E-state index contributed by atoms with van der Waals surface area (Å²) in [4.78, 5) is 15.7. The third-order valence-electron chi connectivity index (χ3n) is 4.09. The number of hydrogen-bond donors (Lipinski definition) is 2.